The van der Waals surface area contributed by atoms with E-state index in [0.717, 1.165) is 29.6 Å². The lowest BCUT2D eigenvalue weighted by Crippen LogP contribution is -2.37. The first-order chi connectivity index (χ1) is 13.1. The van der Waals surface area contributed by atoms with Crippen LogP contribution in [0.4, 0.5) is 0 Å². The van der Waals surface area contributed by atoms with E-state index in [1.165, 1.54) is 7.11 Å². The maximum Gasteiger partial charge on any atom is 0.323 e. The largest absolute Gasteiger partial charge is 0.468 e. The summed E-state index contributed by atoms with van der Waals surface area (Å²) < 4.78 is 4.28. The van der Waals surface area contributed by atoms with Crippen molar-refractivity contribution >= 4 is 17.7 Å². The fourth-order valence-electron chi connectivity index (χ4n) is 3.19. The molecule has 0 saturated heterocycles. The fraction of sp³-hybridized carbons (Fsp3) is 0.261. The first-order valence-corrected chi connectivity index (χ1v) is 9.94. The van der Waals surface area contributed by atoms with E-state index in [4.69, 9.17) is 10.5 Å². The Balaban J connectivity index is 2.62. The van der Waals surface area contributed by atoms with Gasteiger partial charge in [-0.2, -0.15) is 0 Å². The van der Waals surface area contributed by atoms with Crippen molar-refractivity contribution in [3.8, 4) is 0 Å². The molecule has 1 aliphatic rings. The molecule has 0 bridgehead atoms. The van der Waals surface area contributed by atoms with Gasteiger partial charge in [-0.05, 0) is 29.6 Å². The van der Waals surface area contributed by atoms with Crippen LogP contribution in [-0.4, -0.2) is 24.9 Å². The summed E-state index contributed by atoms with van der Waals surface area (Å²) in [5.41, 5.74) is 9.33. The fourth-order valence-corrected chi connectivity index (χ4v) is 4.69. The monoisotopic (exact) mass is 381 g/mol. The van der Waals surface area contributed by atoms with Crippen molar-refractivity contribution in [3.63, 3.8) is 0 Å². The molecule has 0 aromatic heterocycles. The van der Waals surface area contributed by atoms with Gasteiger partial charge in [0.25, 0.3) is 0 Å². The van der Waals surface area contributed by atoms with E-state index >= 15 is 0 Å². The summed E-state index contributed by atoms with van der Waals surface area (Å²) in [6.07, 6.45) is 14.2. The number of carbonyl (C=O) groups excluding carboxylic acids is 1. The standard InChI is InChI=1S/C23H27NO2S/c1-4-12-18(5-2)23(19-13-8-6-9-14-19,20-15-10-7-11-16-20)27-17-21(24)22(25)26-3/h4-6,8-10,12-16,21H,1-2,7,11,17,24H2,3H3/b18-12+. The van der Waals surface area contributed by atoms with E-state index in [9.17, 15) is 4.79 Å². The van der Waals surface area contributed by atoms with Crippen molar-refractivity contribution in [1.82, 2.24) is 0 Å². The molecular formula is C23H27NO2S. The van der Waals surface area contributed by atoms with E-state index in [2.05, 4.69) is 43.5 Å². The number of esters is 1. The molecule has 2 unspecified atom stereocenters. The normalized spacial score (nSPS) is 17.4. The van der Waals surface area contributed by atoms with Gasteiger partial charge in [-0.25, -0.2) is 0 Å². The lowest BCUT2D eigenvalue weighted by atomic mass is 9.81. The number of methoxy groups -OCH3 is 1. The molecule has 4 heteroatoms. The molecule has 0 amide bonds. The molecule has 3 nitrogen and oxygen atoms in total. The minimum Gasteiger partial charge on any atom is -0.468 e. The number of hydrogen-bond donors (Lipinski definition) is 1. The highest BCUT2D eigenvalue weighted by atomic mass is 32.2. The third kappa shape index (κ3) is 4.71. The summed E-state index contributed by atoms with van der Waals surface area (Å²) in [4.78, 5) is 11.9. The minimum absolute atomic E-state index is 0.412. The van der Waals surface area contributed by atoms with Gasteiger partial charge in [-0.3, -0.25) is 4.79 Å². The average molecular weight is 382 g/mol. The van der Waals surface area contributed by atoms with Crippen LogP contribution in [0.25, 0.3) is 0 Å². The zero-order valence-electron chi connectivity index (χ0n) is 15.8. The van der Waals surface area contributed by atoms with Crippen molar-refractivity contribution in [3.05, 3.63) is 96.7 Å². The Bertz CT molecular complexity index is 764. The summed E-state index contributed by atoms with van der Waals surface area (Å²) in [6, 6.07) is 9.53. The molecule has 0 saturated carbocycles. The van der Waals surface area contributed by atoms with Crippen LogP contribution in [0.3, 0.4) is 0 Å². The predicted molar refractivity (Wildman–Crippen MR) is 116 cm³/mol. The predicted octanol–water partition coefficient (Wildman–Crippen LogP) is 4.69. The molecule has 2 N–H and O–H groups in total. The maximum atomic E-state index is 11.9. The SMILES string of the molecule is C=C/C=C(\C=C)C(SCC(N)C(=O)OC)(C1=CCCC=C1)c1ccccc1. The van der Waals surface area contributed by atoms with Crippen LogP contribution in [0.1, 0.15) is 18.4 Å². The Morgan fingerprint density at radius 3 is 2.63 bits per heavy atom. The maximum absolute atomic E-state index is 11.9. The van der Waals surface area contributed by atoms with Gasteiger partial charge in [-0.1, -0.05) is 79.9 Å². The van der Waals surface area contributed by atoms with Gasteiger partial charge in [0.05, 0.1) is 11.9 Å². The minimum atomic E-state index is -0.703. The second-order valence-corrected chi connectivity index (χ2v) is 7.42. The molecule has 0 aliphatic heterocycles. The third-order valence-corrected chi connectivity index (χ3v) is 6.15. The van der Waals surface area contributed by atoms with Crippen molar-refractivity contribution < 1.29 is 9.53 Å². The molecule has 0 spiro atoms. The van der Waals surface area contributed by atoms with Crippen LogP contribution in [0.5, 0.6) is 0 Å². The average Bonchev–Trinajstić information content (AvgIpc) is 2.73. The molecular weight excluding hydrogens is 354 g/mol. The highest BCUT2D eigenvalue weighted by Gasteiger charge is 2.39. The van der Waals surface area contributed by atoms with Gasteiger partial charge in [0.1, 0.15) is 6.04 Å². The summed E-state index contributed by atoms with van der Waals surface area (Å²) in [5, 5.41) is 0. The van der Waals surface area contributed by atoms with Crippen molar-refractivity contribution in [2.24, 2.45) is 5.73 Å². The molecule has 0 radical (unpaired) electrons. The second-order valence-electron chi connectivity index (χ2n) is 6.19. The van der Waals surface area contributed by atoms with Gasteiger partial charge in [0, 0.05) is 5.75 Å². The first kappa shape index (κ1) is 21.0. The molecule has 2 atom stereocenters. The molecule has 0 heterocycles. The van der Waals surface area contributed by atoms with Crippen LogP contribution in [-0.2, 0) is 14.3 Å². The quantitative estimate of drug-likeness (QED) is 0.498. The Hall–Kier alpha value is -2.30. The van der Waals surface area contributed by atoms with E-state index in [0.29, 0.717) is 5.75 Å². The van der Waals surface area contributed by atoms with Gasteiger partial charge >= 0.3 is 5.97 Å². The number of hydrogen-bond acceptors (Lipinski definition) is 4. The highest BCUT2D eigenvalue weighted by molar-refractivity contribution is 8.00. The van der Waals surface area contributed by atoms with Crippen molar-refractivity contribution in [2.45, 2.75) is 23.6 Å². The number of thioether (sulfide) groups is 1. The molecule has 142 valence electrons. The van der Waals surface area contributed by atoms with E-state index in [1.54, 1.807) is 17.8 Å². The van der Waals surface area contributed by atoms with Crippen LogP contribution in [0.2, 0.25) is 0 Å². The number of rotatable bonds is 9. The van der Waals surface area contributed by atoms with E-state index < -0.39 is 16.8 Å². The van der Waals surface area contributed by atoms with Gasteiger partial charge in [0.15, 0.2) is 0 Å². The molecule has 27 heavy (non-hydrogen) atoms. The summed E-state index contributed by atoms with van der Waals surface area (Å²) in [6.45, 7) is 7.91. The van der Waals surface area contributed by atoms with Crippen LogP contribution < -0.4 is 5.73 Å². The molecule has 1 aliphatic carbocycles. The lowest BCUT2D eigenvalue weighted by Gasteiger charge is -2.38. The van der Waals surface area contributed by atoms with Crippen molar-refractivity contribution in [2.75, 3.05) is 12.9 Å². The number of nitrogens with two attached hydrogens (primary N) is 1. The van der Waals surface area contributed by atoms with E-state index in [1.807, 2.05) is 30.4 Å². The molecule has 1 aromatic carbocycles. The first-order valence-electron chi connectivity index (χ1n) is 8.95. The topological polar surface area (TPSA) is 52.3 Å². The summed E-state index contributed by atoms with van der Waals surface area (Å²) in [5.74, 6) is 0.000184. The highest BCUT2D eigenvalue weighted by Crippen LogP contribution is 2.50. The Labute approximate surface area is 166 Å². The smallest absolute Gasteiger partial charge is 0.323 e. The van der Waals surface area contributed by atoms with Gasteiger partial charge in [-0.15, -0.1) is 11.8 Å². The van der Waals surface area contributed by atoms with Crippen LogP contribution in [0.15, 0.2) is 91.1 Å². The van der Waals surface area contributed by atoms with Crippen LogP contribution >= 0.6 is 11.8 Å². The number of benzene rings is 1. The summed E-state index contributed by atoms with van der Waals surface area (Å²) in [7, 11) is 1.36. The third-order valence-electron chi connectivity index (χ3n) is 4.49. The van der Waals surface area contributed by atoms with Gasteiger partial charge in [0.2, 0.25) is 0 Å². The lowest BCUT2D eigenvalue weighted by molar-refractivity contribution is -0.141. The van der Waals surface area contributed by atoms with Gasteiger partial charge < -0.3 is 10.5 Å². The zero-order valence-corrected chi connectivity index (χ0v) is 16.6. The Kier molecular flexibility index (Phi) is 7.89. The number of allylic oxidation sites excluding steroid dienone is 6. The second kappa shape index (κ2) is 10.1. The molecule has 2 rings (SSSR count). The number of carbonyl (C=O) groups is 1. The molecule has 1 aromatic rings. The van der Waals surface area contributed by atoms with Crippen LogP contribution in [0, 0.1) is 0 Å². The Morgan fingerprint density at radius 1 is 1.33 bits per heavy atom. The van der Waals surface area contributed by atoms with E-state index in [-0.39, 0.29) is 0 Å². The Morgan fingerprint density at radius 2 is 2.07 bits per heavy atom. The zero-order chi connectivity index (χ0) is 19.7. The van der Waals surface area contributed by atoms with Crippen molar-refractivity contribution in [1.29, 1.82) is 0 Å². The number of ether oxygens (including phenoxy) is 1. The molecule has 0 fully saturated rings. The summed E-state index contributed by atoms with van der Waals surface area (Å²) >= 11 is 1.62.